The van der Waals surface area contributed by atoms with E-state index in [0.717, 1.165) is 46.3 Å². The molecule has 0 fully saturated rings. The minimum atomic E-state index is 0.250. The molecule has 0 heterocycles. The highest BCUT2D eigenvalue weighted by Gasteiger charge is 2.19. The minimum Gasteiger partial charge on any atom is -0.508 e. The second kappa shape index (κ2) is 11.9. The van der Waals surface area contributed by atoms with Crippen LogP contribution in [0, 0.1) is 0 Å². The van der Waals surface area contributed by atoms with Crippen molar-refractivity contribution in [2.45, 2.75) is 12.3 Å². The van der Waals surface area contributed by atoms with E-state index in [0.29, 0.717) is 0 Å². The van der Waals surface area contributed by atoms with Crippen LogP contribution in [0.2, 0.25) is 0 Å². The van der Waals surface area contributed by atoms with Crippen LogP contribution >= 0.6 is 0 Å². The molecular formula is C37H32N2O2. The van der Waals surface area contributed by atoms with Gasteiger partial charge in [0.05, 0.1) is 7.11 Å². The smallest absolute Gasteiger partial charge is 0.120 e. The van der Waals surface area contributed by atoms with E-state index in [1.54, 1.807) is 19.2 Å². The lowest BCUT2D eigenvalue weighted by atomic mass is 9.91. The molecule has 1 unspecified atom stereocenters. The third-order valence-electron chi connectivity index (χ3n) is 7.35. The number of phenolic OH excluding ortho intramolecular Hbond substituents is 1. The van der Waals surface area contributed by atoms with Gasteiger partial charge in [0.1, 0.15) is 11.5 Å². The monoisotopic (exact) mass is 536 g/mol. The summed E-state index contributed by atoms with van der Waals surface area (Å²) in [5.41, 5.74) is 7.55. The van der Waals surface area contributed by atoms with E-state index in [9.17, 15) is 5.11 Å². The lowest BCUT2D eigenvalue weighted by molar-refractivity contribution is 0.415. The first-order valence-corrected chi connectivity index (χ1v) is 13.8. The first-order valence-electron chi connectivity index (χ1n) is 13.8. The van der Waals surface area contributed by atoms with Crippen molar-refractivity contribution >= 4 is 28.4 Å². The number of hydrogen-bond acceptors (Lipinski definition) is 4. The van der Waals surface area contributed by atoms with Crippen LogP contribution in [-0.2, 0) is 0 Å². The fraction of sp³-hybridized carbons (Fsp3) is 0.0811. The van der Waals surface area contributed by atoms with Crippen LogP contribution in [0.4, 0.5) is 28.4 Å². The number of nitrogens with zero attached hydrogens (tertiary/aromatic N) is 2. The Morgan fingerprint density at radius 2 is 1.20 bits per heavy atom. The third-order valence-corrected chi connectivity index (χ3v) is 7.35. The molecule has 0 bridgehead atoms. The summed E-state index contributed by atoms with van der Waals surface area (Å²) < 4.78 is 5.51. The summed E-state index contributed by atoms with van der Waals surface area (Å²) >= 11 is 0. The molecule has 0 saturated heterocycles. The maximum Gasteiger partial charge on any atom is 0.120 e. The molecule has 1 N–H and O–H groups in total. The van der Waals surface area contributed by atoms with Crippen LogP contribution in [0.15, 0.2) is 157 Å². The summed E-state index contributed by atoms with van der Waals surface area (Å²) in [5.74, 6) is 1.35. The van der Waals surface area contributed by atoms with Gasteiger partial charge in [0.2, 0.25) is 0 Å². The Morgan fingerprint density at radius 3 is 1.80 bits per heavy atom. The molecular weight excluding hydrogens is 504 g/mol. The molecule has 0 aromatic heterocycles. The second-order valence-corrected chi connectivity index (χ2v) is 9.99. The lowest BCUT2D eigenvalue weighted by Crippen LogP contribution is -2.17. The summed E-state index contributed by atoms with van der Waals surface area (Å²) in [5, 5.41) is 10.2. The highest BCUT2D eigenvalue weighted by molar-refractivity contribution is 5.77. The predicted octanol–water partition coefficient (Wildman–Crippen LogP) is 9.64. The average Bonchev–Trinajstić information content (AvgIpc) is 3.03. The van der Waals surface area contributed by atoms with Crippen molar-refractivity contribution in [3.63, 3.8) is 0 Å². The van der Waals surface area contributed by atoms with Crippen molar-refractivity contribution in [1.29, 1.82) is 0 Å². The van der Waals surface area contributed by atoms with E-state index in [2.05, 4.69) is 101 Å². The van der Waals surface area contributed by atoms with E-state index in [1.807, 2.05) is 48.5 Å². The summed E-state index contributed by atoms with van der Waals surface area (Å²) in [4.78, 5) is 4.43. The van der Waals surface area contributed by atoms with Crippen LogP contribution in [0.5, 0.6) is 11.5 Å². The van der Waals surface area contributed by atoms with E-state index < -0.39 is 0 Å². The zero-order valence-electron chi connectivity index (χ0n) is 23.0. The van der Waals surface area contributed by atoms with Gasteiger partial charge < -0.3 is 19.6 Å². The molecule has 5 aromatic rings. The maximum absolute atomic E-state index is 10.2. The molecule has 0 saturated carbocycles. The zero-order chi connectivity index (χ0) is 28.0. The number of allylic oxidation sites excluding steroid dienone is 3. The zero-order valence-corrected chi connectivity index (χ0v) is 23.0. The predicted molar refractivity (Wildman–Crippen MR) is 169 cm³/mol. The number of benzene rings is 5. The van der Waals surface area contributed by atoms with Crippen molar-refractivity contribution in [3.05, 3.63) is 163 Å². The molecule has 0 amide bonds. The standard InChI is InChI=1S/C37H32N2O2/c1-41-37-17-9-15-35(27-37)39(31-12-6-3-7-13-31)33-24-20-29(21-25-33)28-18-22-32(23-19-28)38(30-10-4-2-5-11-30)34-14-8-16-36(40)26-34/h2-18,20-28,40H,19H2,1H3. The van der Waals surface area contributed by atoms with Gasteiger partial charge in [0.15, 0.2) is 0 Å². The number of ether oxygens (including phenoxy) is 1. The van der Waals surface area contributed by atoms with Gasteiger partial charge in [-0.25, -0.2) is 0 Å². The molecule has 4 nitrogen and oxygen atoms in total. The molecule has 0 aliphatic heterocycles. The Bertz CT molecular complexity index is 1660. The molecule has 1 aliphatic carbocycles. The summed E-state index contributed by atoms with van der Waals surface area (Å²) in [7, 11) is 1.70. The first-order chi connectivity index (χ1) is 20.2. The highest BCUT2D eigenvalue weighted by atomic mass is 16.5. The Kier molecular flexibility index (Phi) is 7.55. The molecule has 41 heavy (non-hydrogen) atoms. The molecule has 6 rings (SSSR count). The number of anilines is 5. The van der Waals surface area contributed by atoms with Crippen LogP contribution in [0.1, 0.15) is 17.9 Å². The van der Waals surface area contributed by atoms with Gasteiger partial charge in [-0.3, -0.25) is 0 Å². The number of methoxy groups -OCH3 is 1. The van der Waals surface area contributed by atoms with Gasteiger partial charge in [-0.05, 0) is 78.7 Å². The molecule has 0 radical (unpaired) electrons. The topological polar surface area (TPSA) is 35.9 Å². The highest BCUT2D eigenvalue weighted by Crippen LogP contribution is 2.39. The molecule has 5 aromatic carbocycles. The first kappa shape index (κ1) is 26.0. The van der Waals surface area contributed by atoms with Gasteiger partial charge >= 0.3 is 0 Å². The summed E-state index contributed by atoms with van der Waals surface area (Å²) in [6, 6.07) is 45.0. The largest absolute Gasteiger partial charge is 0.508 e. The molecule has 1 atom stereocenters. The molecule has 0 spiro atoms. The quantitative estimate of drug-likeness (QED) is 0.214. The van der Waals surface area contributed by atoms with Crippen molar-refractivity contribution < 1.29 is 9.84 Å². The number of hydrogen-bond donors (Lipinski definition) is 1. The van der Waals surface area contributed by atoms with E-state index in [4.69, 9.17) is 4.74 Å². The Hall–Kier alpha value is -5.22. The maximum atomic E-state index is 10.2. The molecule has 4 heteroatoms. The summed E-state index contributed by atoms with van der Waals surface area (Å²) in [6.45, 7) is 0. The third kappa shape index (κ3) is 5.73. The van der Waals surface area contributed by atoms with Crippen molar-refractivity contribution in [2.75, 3.05) is 16.9 Å². The van der Waals surface area contributed by atoms with Gasteiger partial charge in [-0.2, -0.15) is 0 Å². The van der Waals surface area contributed by atoms with Gasteiger partial charge in [-0.15, -0.1) is 0 Å². The number of phenols is 1. The van der Waals surface area contributed by atoms with Gasteiger partial charge in [-0.1, -0.05) is 72.8 Å². The van der Waals surface area contributed by atoms with Gasteiger partial charge in [0, 0.05) is 52.2 Å². The molecule has 202 valence electrons. The van der Waals surface area contributed by atoms with E-state index >= 15 is 0 Å². The van der Waals surface area contributed by atoms with E-state index in [-0.39, 0.29) is 11.7 Å². The normalized spacial score (nSPS) is 14.3. The minimum absolute atomic E-state index is 0.250. The fourth-order valence-electron chi connectivity index (χ4n) is 5.32. The number of aromatic hydroxyl groups is 1. The number of para-hydroxylation sites is 2. The van der Waals surface area contributed by atoms with Crippen LogP contribution in [0.3, 0.4) is 0 Å². The fourth-order valence-corrected chi connectivity index (χ4v) is 5.32. The van der Waals surface area contributed by atoms with Crippen molar-refractivity contribution in [3.8, 4) is 11.5 Å². The Morgan fingerprint density at radius 1 is 0.610 bits per heavy atom. The van der Waals surface area contributed by atoms with Crippen LogP contribution < -0.4 is 14.5 Å². The van der Waals surface area contributed by atoms with Crippen LogP contribution in [-0.4, -0.2) is 12.2 Å². The van der Waals surface area contributed by atoms with E-state index in [1.165, 1.54) is 5.56 Å². The molecule has 1 aliphatic rings. The van der Waals surface area contributed by atoms with Crippen LogP contribution in [0.25, 0.3) is 0 Å². The van der Waals surface area contributed by atoms with Crippen molar-refractivity contribution in [2.24, 2.45) is 0 Å². The number of rotatable bonds is 8. The van der Waals surface area contributed by atoms with Crippen molar-refractivity contribution in [1.82, 2.24) is 0 Å². The Labute approximate surface area is 241 Å². The lowest BCUT2D eigenvalue weighted by Gasteiger charge is -2.29. The Balaban J connectivity index is 1.26. The average molecular weight is 537 g/mol. The summed E-state index contributed by atoms with van der Waals surface area (Å²) in [6.07, 6.45) is 7.62. The van der Waals surface area contributed by atoms with Gasteiger partial charge in [0.25, 0.3) is 0 Å². The second-order valence-electron chi connectivity index (χ2n) is 9.99. The SMILES string of the molecule is COc1cccc(N(c2ccccc2)c2ccc(C3C=CC(N(c4ccccc4)c4cccc(O)c4)=CC3)cc2)c1.